The van der Waals surface area contributed by atoms with Crippen LogP contribution in [0.3, 0.4) is 0 Å². The summed E-state index contributed by atoms with van der Waals surface area (Å²) in [5.74, 6) is -0.323. The van der Waals surface area contributed by atoms with Crippen LogP contribution in [0.2, 0.25) is 0 Å². The third-order valence-electron chi connectivity index (χ3n) is 4.51. The van der Waals surface area contributed by atoms with Gasteiger partial charge in [0.2, 0.25) is 0 Å². The molecule has 0 amide bonds. The van der Waals surface area contributed by atoms with Crippen LogP contribution < -0.4 is 5.32 Å². The van der Waals surface area contributed by atoms with E-state index < -0.39 is 0 Å². The molecule has 0 spiro atoms. The maximum atomic E-state index is 11.2. The number of hydrogen-bond donors (Lipinski definition) is 1. The molecule has 0 aromatic heterocycles. The van der Waals surface area contributed by atoms with Crippen LogP contribution in [0.25, 0.3) is 6.08 Å². The van der Waals surface area contributed by atoms with E-state index in [-0.39, 0.29) is 5.97 Å². The highest BCUT2D eigenvalue weighted by atomic mass is 16.5. The van der Waals surface area contributed by atoms with Crippen molar-refractivity contribution in [1.29, 1.82) is 0 Å². The summed E-state index contributed by atoms with van der Waals surface area (Å²) in [7, 11) is 1.39. The van der Waals surface area contributed by atoms with E-state index in [9.17, 15) is 4.79 Å². The van der Waals surface area contributed by atoms with E-state index in [1.165, 1.54) is 29.9 Å². The number of carbonyl (C=O) groups is 1. The van der Waals surface area contributed by atoms with E-state index in [1.807, 2.05) is 6.08 Å². The molecule has 0 saturated heterocycles. The van der Waals surface area contributed by atoms with Crippen LogP contribution in [-0.4, -0.2) is 19.6 Å². The summed E-state index contributed by atoms with van der Waals surface area (Å²) in [4.78, 5) is 11.2. The van der Waals surface area contributed by atoms with Gasteiger partial charge < -0.3 is 10.1 Å². The minimum absolute atomic E-state index is 0.323. The second-order valence-electron chi connectivity index (χ2n) is 6.10. The highest BCUT2D eigenvalue weighted by Gasteiger charge is 2.21. The van der Waals surface area contributed by atoms with Gasteiger partial charge in [0.15, 0.2) is 0 Å². The molecule has 1 aliphatic carbocycles. The van der Waals surface area contributed by atoms with Crippen LogP contribution in [0, 0.1) is 0 Å². The molecule has 24 heavy (non-hydrogen) atoms. The molecular formula is C21H23NO2. The molecule has 124 valence electrons. The molecule has 3 rings (SSSR count). The van der Waals surface area contributed by atoms with Crippen molar-refractivity contribution < 1.29 is 9.53 Å². The third kappa shape index (κ3) is 4.12. The molecule has 1 atom stereocenters. The first-order chi connectivity index (χ1) is 11.8. The van der Waals surface area contributed by atoms with Gasteiger partial charge in [-0.25, -0.2) is 4.79 Å². The quantitative estimate of drug-likeness (QED) is 0.651. The minimum atomic E-state index is -0.323. The van der Waals surface area contributed by atoms with Gasteiger partial charge in [-0.15, -0.1) is 0 Å². The second kappa shape index (κ2) is 7.93. The van der Waals surface area contributed by atoms with E-state index in [1.54, 1.807) is 0 Å². The smallest absolute Gasteiger partial charge is 0.330 e. The summed E-state index contributed by atoms with van der Waals surface area (Å²) in [5, 5.41) is 3.67. The van der Waals surface area contributed by atoms with E-state index in [2.05, 4.69) is 58.6 Å². The lowest BCUT2D eigenvalue weighted by Crippen LogP contribution is -2.21. The molecule has 2 aromatic rings. The van der Waals surface area contributed by atoms with Crippen molar-refractivity contribution >= 4 is 12.0 Å². The first-order valence-corrected chi connectivity index (χ1v) is 8.42. The number of ether oxygens (including phenoxy) is 1. The molecule has 1 unspecified atom stereocenters. The van der Waals surface area contributed by atoms with Gasteiger partial charge in [0.05, 0.1) is 7.11 Å². The average Bonchev–Trinajstić information content (AvgIpc) is 3.03. The highest BCUT2D eigenvalue weighted by molar-refractivity contribution is 5.86. The monoisotopic (exact) mass is 321 g/mol. The molecule has 0 fully saturated rings. The Morgan fingerprint density at radius 3 is 2.88 bits per heavy atom. The van der Waals surface area contributed by atoms with Crippen LogP contribution in [0.1, 0.15) is 34.7 Å². The number of benzene rings is 2. The molecule has 0 saturated carbocycles. The van der Waals surface area contributed by atoms with E-state index in [0.29, 0.717) is 6.04 Å². The molecule has 0 radical (unpaired) electrons. The predicted octanol–water partition coefficient (Wildman–Crippen LogP) is 3.69. The Morgan fingerprint density at radius 2 is 2.08 bits per heavy atom. The molecule has 1 aliphatic rings. The van der Waals surface area contributed by atoms with Crippen LogP contribution >= 0.6 is 0 Å². The molecule has 3 nitrogen and oxygen atoms in total. The molecular weight excluding hydrogens is 298 g/mol. The number of esters is 1. The third-order valence-corrected chi connectivity index (χ3v) is 4.51. The van der Waals surface area contributed by atoms with Crippen molar-refractivity contribution in [3.8, 4) is 0 Å². The lowest BCUT2D eigenvalue weighted by molar-refractivity contribution is -0.134. The molecule has 0 aliphatic heterocycles. The fourth-order valence-electron chi connectivity index (χ4n) is 3.22. The lowest BCUT2D eigenvalue weighted by atomic mass is 10.0. The van der Waals surface area contributed by atoms with E-state index in [4.69, 9.17) is 0 Å². The summed E-state index contributed by atoms with van der Waals surface area (Å²) in [6.45, 7) is 0.984. The number of fused-ring (bicyclic) bond motifs is 1. The SMILES string of the molecule is COC(=O)C=Cc1ccc2c(c1)CCC2NCCc1ccccc1. The van der Waals surface area contributed by atoms with Crippen LogP contribution in [0.5, 0.6) is 0 Å². The van der Waals surface area contributed by atoms with Gasteiger partial charge in [0, 0.05) is 12.1 Å². The van der Waals surface area contributed by atoms with Crippen molar-refractivity contribution in [2.24, 2.45) is 0 Å². The van der Waals surface area contributed by atoms with Crippen LogP contribution in [0.4, 0.5) is 0 Å². The second-order valence-corrected chi connectivity index (χ2v) is 6.10. The summed E-state index contributed by atoms with van der Waals surface area (Å²) in [6, 6.07) is 17.4. The number of carbonyl (C=O) groups excluding carboxylic acids is 1. The Bertz CT molecular complexity index is 722. The normalized spacial score (nSPS) is 16.3. The maximum Gasteiger partial charge on any atom is 0.330 e. The summed E-state index contributed by atoms with van der Waals surface area (Å²) in [6.07, 6.45) is 6.54. The Morgan fingerprint density at radius 1 is 1.25 bits per heavy atom. The standard InChI is InChI=1S/C21H23NO2/c1-24-21(23)12-8-17-7-10-19-18(15-17)9-11-20(19)22-14-13-16-5-3-2-4-6-16/h2-8,10,12,15,20,22H,9,11,13-14H2,1H3. The van der Waals surface area contributed by atoms with Gasteiger partial charge in [-0.1, -0.05) is 48.5 Å². The zero-order valence-corrected chi connectivity index (χ0v) is 14.0. The Hall–Kier alpha value is -2.39. The average molecular weight is 321 g/mol. The molecule has 0 heterocycles. The largest absolute Gasteiger partial charge is 0.466 e. The highest BCUT2D eigenvalue weighted by Crippen LogP contribution is 2.32. The van der Waals surface area contributed by atoms with Gasteiger partial charge in [-0.2, -0.15) is 0 Å². The lowest BCUT2D eigenvalue weighted by Gasteiger charge is -2.14. The van der Waals surface area contributed by atoms with Crippen LogP contribution in [0.15, 0.2) is 54.6 Å². The van der Waals surface area contributed by atoms with Crippen molar-refractivity contribution in [1.82, 2.24) is 5.32 Å². The minimum Gasteiger partial charge on any atom is -0.466 e. The zero-order chi connectivity index (χ0) is 16.8. The van der Waals surface area contributed by atoms with Gasteiger partial charge in [0.25, 0.3) is 0 Å². The van der Waals surface area contributed by atoms with Gasteiger partial charge >= 0.3 is 5.97 Å². The Balaban J connectivity index is 1.58. The predicted molar refractivity (Wildman–Crippen MR) is 96.7 cm³/mol. The number of methoxy groups -OCH3 is 1. The molecule has 0 bridgehead atoms. The van der Waals surface area contributed by atoms with E-state index in [0.717, 1.165) is 31.4 Å². The zero-order valence-electron chi connectivity index (χ0n) is 14.0. The summed E-state index contributed by atoms with van der Waals surface area (Å²) in [5.41, 5.74) is 5.17. The topological polar surface area (TPSA) is 38.3 Å². The number of aryl methyl sites for hydroxylation is 1. The fourth-order valence-corrected chi connectivity index (χ4v) is 3.22. The van der Waals surface area contributed by atoms with Crippen LogP contribution in [-0.2, 0) is 22.4 Å². The Labute approximate surface area is 143 Å². The number of nitrogens with one attached hydrogen (secondary N) is 1. The fraction of sp³-hybridized carbons (Fsp3) is 0.286. The van der Waals surface area contributed by atoms with Crippen molar-refractivity contribution in [2.45, 2.75) is 25.3 Å². The first-order valence-electron chi connectivity index (χ1n) is 8.42. The van der Waals surface area contributed by atoms with Gasteiger partial charge in [-0.3, -0.25) is 0 Å². The number of hydrogen-bond acceptors (Lipinski definition) is 3. The number of rotatable bonds is 6. The molecule has 2 aromatic carbocycles. The van der Waals surface area contributed by atoms with Gasteiger partial charge in [0.1, 0.15) is 0 Å². The van der Waals surface area contributed by atoms with Crippen molar-refractivity contribution in [2.75, 3.05) is 13.7 Å². The summed E-state index contributed by atoms with van der Waals surface area (Å²) < 4.78 is 4.63. The maximum absolute atomic E-state index is 11.2. The summed E-state index contributed by atoms with van der Waals surface area (Å²) >= 11 is 0. The molecule has 1 N–H and O–H groups in total. The van der Waals surface area contributed by atoms with Crippen molar-refractivity contribution in [3.63, 3.8) is 0 Å². The molecule has 3 heteroatoms. The first kappa shape index (κ1) is 16.5. The van der Waals surface area contributed by atoms with E-state index >= 15 is 0 Å². The van der Waals surface area contributed by atoms with Gasteiger partial charge in [-0.05, 0) is 54.1 Å². The van der Waals surface area contributed by atoms with Crippen molar-refractivity contribution in [3.05, 3.63) is 76.9 Å². The Kier molecular flexibility index (Phi) is 5.44.